The Morgan fingerprint density at radius 3 is 2.81 bits per heavy atom. The molecule has 6 heteroatoms. The third-order valence-corrected chi connectivity index (χ3v) is 6.34. The van der Waals surface area contributed by atoms with Crippen molar-refractivity contribution in [1.82, 2.24) is 4.90 Å². The van der Waals surface area contributed by atoms with Crippen molar-refractivity contribution in [2.24, 2.45) is 0 Å². The zero-order valence-electron chi connectivity index (χ0n) is 11.6. The van der Waals surface area contributed by atoms with Crippen molar-refractivity contribution >= 4 is 46.6 Å². The summed E-state index contributed by atoms with van der Waals surface area (Å²) in [6.45, 7) is 0.794. The summed E-state index contributed by atoms with van der Waals surface area (Å²) in [5, 5.41) is 5.21. The number of carbonyl (C=O) groups is 1. The average Bonchev–Trinajstić information content (AvgIpc) is 3.18. The largest absolute Gasteiger partial charge is 0.323 e. The van der Waals surface area contributed by atoms with Gasteiger partial charge in [-0.15, -0.1) is 34.9 Å². The van der Waals surface area contributed by atoms with Gasteiger partial charge in [-0.1, -0.05) is 6.07 Å². The molecule has 3 rings (SSSR count). The Labute approximate surface area is 137 Å². The molecule has 3 nitrogen and oxygen atoms in total. The van der Waals surface area contributed by atoms with E-state index >= 15 is 0 Å². The minimum absolute atomic E-state index is 0.0182. The van der Waals surface area contributed by atoms with Gasteiger partial charge in [0.15, 0.2) is 0 Å². The average molecular weight is 337 g/mol. The van der Waals surface area contributed by atoms with Gasteiger partial charge >= 0.3 is 6.03 Å². The first kappa shape index (κ1) is 14.8. The number of benzene rings is 1. The summed E-state index contributed by atoms with van der Waals surface area (Å²) < 4.78 is 0. The van der Waals surface area contributed by atoms with Crippen LogP contribution in [0.25, 0.3) is 0 Å². The molecule has 1 saturated heterocycles. The molecule has 1 fully saturated rings. The van der Waals surface area contributed by atoms with Gasteiger partial charge in [0.25, 0.3) is 0 Å². The van der Waals surface area contributed by atoms with Crippen LogP contribution in [-0.2, 0) is 0 Å². The second-order valence-corrected chi connectivity index (χ2v) is 7.64. The minimum atomic E-state index is -0.0182. The lowest BCUT2D eigenvalue weighted by atomic mass is 10.3. The van der Waals surface area contributed by atoms with Crippen molar-refractivity contribution in [3.05, 3.63) is 46.7 Å². The lowest BCUT2D eigenvalue weighted by Crippen LogP contribution is -2.34. The molecule has 110 valence electrons. The third kappa shape index (κ3) is 3.39. The Morgan fingerprint density at radius 1 is 1.33 bits per heavy atom. The number of thioether (sulfide) groups is 2. The Hall–Kier alpha value is -1.11. The molecule has 0 bridgehead atoms. The fraction of sp³-hybridized carbons (Fsp3) is 0.267. The molecule has 1 aromatic heterocycles. The van der Waals surface area contributed by atoms with E-state index in [2.05, 4.69) is 16.8 Å². The maximum absolute atomic E-state index is 12.5. The van der Waals surface area contributed by atoms with Gasteiger partial charge < -0.3 is 10.2 Å². The van der Waals surface area contributed by atoms with E-state index in [0.29, 0.717) is 0 Å². The zero-order chi connectivity index (χ0) is 14.7. The molecule has 0 aliphatic carbocycles. The molecule has 2 aromatic rings. The molecular weight excluding hydrogens is 320 g/mol. The summed E-state index contributed by atoms with van der Waals surface area (Å²) in [6, 6.07) is 12.1. The van der Waals surface area contributed by atoms with Gasteiger partial charge in [-0.05, 0) is 42.0 Å². The Bertz CT molecular complexity index is 598. The highest BCUT2D eigenvalue weighted by Gasteiger charge is 2.31. The summed E-state index contributed by atoms with van der Waals surface area (Å²) in [5.74, 6) is 0.987. The van der Waals surface area contributed by atoms with Crippen LogP contribution in [0.5, 0.6) is 0 Å². The summed E-state index contributed by atoms with van der Waals surface area (Å²) in [6.07, 6.45) is 2.04. The number of urea groups is 1. The van der Waals surface area contributed by atoms with Gasteiger partial charge in [0.1, 0.15) is 5.37 Å². The number of rotatable bonds is 3. The normalized spacial score (nSPS) is 18.0. The van der Waals surface area contributed by atoms with Crippen molar-refractivity contribution in [2.45, 2.75) is 10.3 Å². The van der Waals surface area contributed by atoms with Crippen LogP contribution in [0, 0.1) is 0 Å². The first-order valence-electron chi connectivity index (χ1n) is 6.64. The monoisotopic (exact) mass is 336 g/mol. The van der Waals surface area contributed by atoms with E-state index in [1.807, 2.05) is 53.2 Å². The number of thiophene rings is 1. The number of hydrogen-bond acceptors (Lipinski definition) is 4. The Morgan fingerprint density at radius 2 is 2.14 bits per heavy atom. The summed E-state index contributed by atoms with van der Waals surface area (Å²) in [4.78, 5) is 16.8. The van der Waals surface area contributed by atoms with E-state index in [1.54, 1.807) is 23.1 Å². The molecule has 1 aliphatic rings. The first-order valence-corrected chi connectivity index (χ1v) is 9.80. The fourth-order valence-electron chi connectivity index (χ4n) is 2.22. The van der Waals surface area contributed by atoms with E-state index in [4.69, 9.17) is 0 Å². The van der Waals surface area contributed by atoms with Crippen LogP contribution in [-0.4, -0.2) is 29.5 Å². The molecule has 1 aromatic carbocycles. The third-order valence-electron chi connectivity index (χ3n) is 3.28. The van der Waals surface area contributed by atoms with Crippen molar-refractivity contribution in [1.29, 1.82) is 0 Å². The van der Waals surface area contributed by atoms with Gasteiger partial charge in [0.05, 0.1) is 0 Å². The summed E-state index contributed by atoms with van der Waals surface area (Å²) in [7, 11) is 0. The van der Waals surface area contributed by atoms with Crippen LogP contribution in [0.15, 0.2) is 46.7 Å². The molecule has 0 radical (unpaired) electrons. The standard InChI is InChI=1S/C15H16N2OS3/c1-19-12-6-4-11(5-7-12)16-15(18)17-8-10-21-14(17)13-3-2-9-20-13/h2-7,9,14H,8,10H2,1H3,(H,16,18)/t14-/m1/s1. The lowest BCUT2D eigenvalue weighted by Gasteiger charge is -2.23. The van der Waals surface area contributed by atoms with Crippen molar-refractivity contribution in [2.75, 3.05) is 23.9 Å². The number of nitrogens with zero attached hydrogens (tertiary/aromatic N) is 1. The van der Waals surface area contributed by atoms with E-state index in [9.17, 15) is 4.79 Å². The molecule has 0 spiro atoms. The topological polar surface area (TPSA) is 32.3 Å². The van der Waals surface area contributed by atoms with Crippen LogP contribution in [0.1, 0.15) is 10.3 Å². The van der Waals surface area contributed by atoms with Crippen LogP contribution in [0.3, 0.4) is 0 Å². The SMILES string of the molecule is CSc1ccc(NC(=O)N2CCS[C@@H]2c2cccs2)cc1. The molecule has 0 unspecified atom stereocenters. The van der Waals surface area contributed by atoms with E-state index in [0.717, 1.165) is 18.0 Å². The molecule has 2 amide bonds. The highest BCUT2D eigenvalue weighted by Crippen LogP contribution is 2.40. The van der Waals surface area contributed by atoms with Crippen molar-refractivity contribution in [3.63, 3.8) is 0 Å². The number of nitrogens with one attached hydrogen (secondary N) is 1. The lowest BCUT2D eigenvalue weighted by molar-refractivity contribution is 0.215. The van der Waals surface area contributed by atoms with Crippen LogP contribution in [0.4, 0.5) is 10.5 Å². The molecule has 0 saturated carbocycles. The van der Waals surface area contributed by atoms with Gasteiger partial charge in [0, 0.05) is 27.8 Å². The summed E-state index contributed by atoms with van der Waals surface area (Å²) in [5.41, 5.74) is 0.847. The van der Waals surface area contributed by atoms with Crippen LogP contribution >= 0.6 is 34.9 Å². The Kier molecular flexibility index (Phi) is 4.77. The predicted molar refractivity (Wildman–Crippen MR) is 93.5 cm³/mol. The Balaban J connectivity index is 1.69. The minimum Gasteiger partial charge on any atom is -0.308 e. The quantitative estimate of drug-likeness (QED) is 0.821. The number of hydrogen-bond donors (Lipinski definition) is 1. The number of amides is 2. The van der Waals surface area contributed by atoms with Crippen molar-refractivity contribution < 1.29 is 4.79 Å². The van der Waals surface area contributed by atoms with Gasteiger partial charge in [-0.3, -0.25) is 0 Å². The fourth-order valence-corrected chi connectivity index (χ4v) is 4.86. The molecule has 1 aliphatic heterocycles. The molecule has 1 N–H and O–H groups in total. The molecule has 1 atom stereocenters. The van der Waals surface area contributed by atoms with Gasteiger partial charge in [-0.25, -0.2) is 4.79 Å². The van der Waals surface area contributed by atoms with Crippen molar-refractivity contribution in [3.8, 4) is 0 Å². The second-order valence-electron chi connectivity index (χ2n) is 4.59. The molecule has 21 heavy (non-hydrogen) atoms. The van der Waals surface area contributed by atoms with E-state index in [1.165, 1.54) is 9.77 Å². The van der Waals surface area contributed by atoms with Crippen LogP contribution < -0.4 is 5.32 Å². The maximum atomic E-state index is 12.5. The van der Waals surface area contributed by atoms with Crippen LogP contribution in [0.2, 0.25) is 0 Å². The highest BCUT2D eigenvalue weighted by atomic mass is 32.2. The smallest absolute Gasteiger partial charge is 0.308 e. The second kappa shape index (κ2) is 6.77. The maximum Gasteiger partial charge on any atom is 0.323 e. The van der Waals surface area contributed by atoms with E-state index < -0.39 is 0 Å². The predicted octanol–water partition coefficient (Wildman–Crippen LogP) is 4.75. The van der Waals surface area contributed by atoms with Gasteiger partial charge in [-0.2, -0.15) is 0 Å². The number of carbonyl (C=O) groups excluding carboxylic acids is 1. The number of anilines is 1. The highest BCUT2D eigenvalue weighted by molar-refractivity contribution is 7.99. The molecule has 2 heterocycles. The van der Waals surface area contributed by atoms with Gasteiger partial charge in [0.2, 0.25) is 0 Å². The summed E-state index contributed by atoms with van der Waals surface area (Å²) >= 11 is 5.23. The van der Waals surface area contributed by atoms with E-state index in [-0.39, 0.29) is 11.4 Å². The zero-order valence-corrected chi connectivity index (χ0v) is 14.1. The first-order chi connectivity index (χ1) is 10.3. The molecular formula is C15H16N2OS3.